The molecule has 0 unspecified atom stereocenters. The molecule has 2 N–H and O–H groups in total. The summed E-state index contributed by atoms with van der Waals surface area (Å²) < 4.78 is 0. The largest absolute Gasteiger partial charge is 0.321 e. The van der Waals surface area contributed by atoms with Crippen molar-refractivity contribution in [2.75, 3.05) is 0 Å². The number of aromatic nitrogens is 1. The molecule has 20 heavy (non-hydrogen) atoms. The van der Waals surface area contributed by atoms with E-state index in [0.717, 1.165) is 35.0 Å². The average molecular weight is 309 g/mol. The van der Waals surface area contributed by atoms with E-state index in [4.69, 9.17) is 22.3 Å². The van der Waals surface area contributed by atoms with Gasteiger partial charge in [0.25, 0.3) is 0 Å². The molecule has 1 aromatic carbocycles. The second-order valence-electron chi connectivity index (χ2n) is 5.66. The van der Waals surface area contributed by atoms with Crippen molar-refractivity contribution >= 4 is 22.9 Å². The molecule has 1 aromatic heterocycles. The zero-order valence-corrected chi connectivity index (χ0v) is 13.8. The van der Waals surface area contributed by atoms with Crippen LogP contribution in [-0.4, -0.2) is 4.98 Å². The molecule has 0 saturated heterocycles. The van der Waals surface area contributed by atoms with Crippen molar-refractivity contribution in [3.8, 4) is 0 Å². The fraction of sp³-hybridized carbons (Fsp3) is 0.438. The van der Waals surface area contributed by atoms with Crippen LogP contribution in [0, 0.1) is 0 Å². The van der Waals surface area contributed by atoms with Gasteiger partial charge in [0.05, 0.1) is 10.7 Å². The minimum Gasteiger partial charge on any atom is -0.321 e. The minimum absolute atomic E-state index is 0.319. The molecule has 108 valence electrons. The van der Waals surface area contributed by atoms with Gasteiger partial charge in [-0.2, -0.15) is 0 Å². The number of hydrogen-bond donors (Lipinski definition) is 1. The van der Waals surface area contributed by atoms with Gasteiger partial charge < -0.3 is 5.73 Å². The highest BCUT2D eigenvalue weighted by Gasteiger charge is 2.22. The van der Waals surface area contributed by atoms with Crippen LogP contribution in [-0.2, 0) is 18.4 Å². The average Bonchev–Trinajstić information content (AvgIpc) is 2.75. The number of nitrogens with two attached hydrogens (primary N) is 1. The maximum Gasteiger partial charge on any atom is 0.0975 e. The van der Waals surface area contributed by atoms with Gasteiger partial charge in [-0.3, -0.25) is 0 Å². The smallest absolute Gasteiger partial charge is 0.0975 e. The molecule has 0 saturated carbocycles. The first-order valence-corrected chi connectivity index (χ1v) is 8.12. The Kier molecular flexibility index (Phi) is 4.84. The Morgan fingerprint density at radius 3 is 2.45 bits per heavy atom. The normalized spacial score (nSPS) is 11.8. The quantitative estimate of drug-likeness (QED) is 0.881. The van der Waals surface area contributed by atoms with E-state index in [1.54, 1.807) is 11.3 Å². The molecule has 0 aliphatic rings. The summed E-state index contributed by atoms with van der Waals surface area (Å²) in [7, 11) is 0. The second kappa shape index (κ2) is 6.25. The van der Waals surface area contributed by atoms with E-state index in [9.17, 15) is 0 Å². The molecule has 2 nitrogen and oxygen atoms in total. The van der Waals surface area contributed by atoms with Crippen LogP contribution in [0.1, 0.15) is 48.3 Å². The summed E-state index contributed by atoms with van der Waals surface area (Å²) in [6, 6.07) is 7.95. The van der Waals surface area contributed by atoms with Crippen LogP contribution in [0.15, 0.2) is 24.3 Å². The van der Waals surface area contributed by atoms with Gasteiger partial charge in [-0.05, 0) is 38.0 Å². The summed E-state index contributed by atoms with van der Waals surface area (Å²) >= 11 is 7.65. The van der Waals surface area contributed by atoms with Crippen molar-refractivity contribution in [1.29, 1.82) is 0 Å². The van der Waals surface area contributed by atoms with Crippen LogP contribution in [0.2, 0.25) is 5.02 Å². The Balaban J connectivity index is 2.26. The lowest BCUT2D eigenvalue weighted by Crippen LogP contribution is -2.28. The summed E-state index contributed by atoms with van der Waals surface area (Å²) in [5.41, 5.74) is 8.34. The highest BCUT2D eigenvalue weighted by atomic mass is 35.5. The van der Waals surface area contributed by atoms with Gasteiger partial charge in [0, 0.05) is 21.9 Å². The molecule has 1 heterocycles. The van der Waals surface area contributed by atoms with Crippen molar-refractivity contribution in [2.24, 2.45) is 5.73 Å². The van der Waals surface area contributed by atoms with Crippen molar-refractivity contribution in [1.82, 2.24) is 4.98 Å². The van der Waals surface area contributed by atoms with Gasteiger partial charge in [0.2, 0.25) is 0 Å². The topological polar surface area (TPSA) is 38.9 Å². The van der Waals surface area contributed by atoms with Gasteiger partial charge in [-0.1, -0.05) is 37.1 Å². The summed E-state index contributed by atoms with van der Waals surface area (Å²) in [4.78, 5) is 6.00. The monoisotopic (exact) mass is 308 g/mol. The second-order valence-corrected chi connectivity index (χ2v) is 7.18. The lowest BCUT2D eigenvalue weighted by molar-refractivity contribution is 0.557. The predicted octanol–water partition coefficient (Wildman–Crippen LogP) is 4.53. The van der Waals surface area contributed by atoms with Gasteiger partial charge in [0.15, 0.2) is 0 Å². The number of nitrogens with zero attached hydrogens (tertiary/aromatic N) is 1. The van der Waals surface area contributed by atoms with Crippen molar-refractivity contribution in [3.63, 3.8) is 0 Å². The summed E-state index contributed by atoms with van der Waals surface area (Å²) in [5.74, 6) is 0. The standard InChI is InChI=1S/C16H21ClN2S/c1-4-5-13-15(16(2,3)18)20-14(19-13)10-11-6-8-12(17)9-7-11/h6-9H,4-5,10,18H2,1-3H3. The molecule has 0 fully saturated rings. The van der Waals surface area contributed by atoms with Gasteiger partial charge in [0.1, 0.15) is 0 Å². The van der Waals surface area contributed by atoms with E-state index in [0.29, 0.717) is 0 Å². The molecule has 0 aliphatic heterocycles. The van der Waals surface area contributed by atoms with E-state index in [2.05, 4.69) is 19.1 Å². The van der Waals surface area contributed by atoms with Gasteiger partial charge >= 0.3 is 0 Å². The fourth-order valence-electron chi connectivity index (χ4n) is 2.16. The Labute approximate surface area is 130 Å². The van der Waals surface area contributed by atoms with Gasteiger partial charge in [-0.15, -0.1) is 11.3 Å². The maximum absolute atomic E-state index is 6.27. The highest BCUT2D eigenvalue weighted by Crippen LogP contribution is 2.30. The van der Waals surface area contributed by atoms with Gasteiger partial charge in [-0.25, -0.2) is 4.98 Å². The third-order valence-corrected chi connectivity index (χ3v) is 4.77. The minimum atomic E-state index is -0.319. The van der Waals surface area contributed by atoms with E-state index in [1.165, 1.54) is 10.4 Å². The van der Waals surface area contributed by atoms with Crippen LogP contribution in [0.3, 0.4) is 0 Å². The molecule has 0 radical (unpaired) electrons. The zero-order valence-electron chi connectivity index (χ0n) is 12.2. The SMILES string of the molecule is CCCc1nc(Cc2ccc(Cl)cc2)sc1C(C)(C)N. The molecular weight excluding hydrogens is 288 g/mol. The first-order chi connectivity index (χ1) is 9.40. The first-order valence-electron chi connectivity index (χ1n) is 6.92. The first kappa shape index (κ1) is 15.5. The molecule has 0 atom stereocenters. The zero-order chi connectivity index (χ0) is 14.8. The molecular formula is C16H21ClN2S. The number of thiazole rings is 1. The van der Waals surface area contributed by atoms with E-state index in [-0.39, 0.29) is 5.54 Å². The molecule has 0 aliphatic carbocycles. The molecule has 0 bridgehead atoms. The summed E-state index contributed by atoms with van der Waals surface area (Å²) in [6.07, 6.45) is 2.93. The van der Waals surface area contributed by atoms with Crippen LogP contribution in [0.5, 0.6) is 0 Å². The fourth-order valence-corrected chi connectivity index (χ4v) is 3.45. The summed E-state index contributed by atoms with van der Waals surface area (Å²) in [6.45, 7) is 6.27. The summed E-state index contributed by atoms with van der Waals surface area (Å²) in [5, 5.41) is 1.90. The lowest BCUT2D eigenvalue weighted by Gasteiger charge is -2.17. The van der Waals surface area contributed by atoms with Crippen LogP contribution < -0.4 is 5.73 Å². The van der Waals surface area contributed by atoms with E-state index >= 15 is 0 Å². The van der Waals surface area contributed by atoms with E-state index < -0.39 is 0 Å². The predicted molar refractivity (Wildman–Crippen MR) is 87.6 cm³/mol. The van der Waals surface area contributed by atoms with Crippen molar-refractivity contribution in [3.05, 3.63) is 50.4 Å². The Morgan fingerprint density at radius 2 is 1.90 bits per heavy atom. The molecule has 0 amide bonds. The van der Waals surface area contributed by atoms with Crippen molar-refractivity contribution in [2.45, 2.75) is 45.6 Å². The third-order valence-electron chi connectivity index (χ3n) is 3.08. The number of rotatable bonds is 5. The Bertz CT molecular complexity index is 567. The Morgan fingerprint density at radius 1 is 1.25 bits per heavy atom. The number of aryl methyl sites for hydroxylation is 1. The molecule has 0 spiro atoms. The lowest BCUT2D eigenvalue weighted by atomic mass is 10.0. The Hall–Kier alpha value is -0.900. The third kappa shape index (κ3) is 3.81. The van der Waals surface area contributed by atoms with Crippen molar-refractivity contribution < 1.29 is 0 Å². The van der Waals surface area contributed by atoms with Crippen LogP contribution in [0.25, 0.3) is 0 Å². The maximum atomic E-state index is 6.27. The highest BCUT2D eigenvalue weighted by molar-refractivity contribution is 7.11. The molecule has 4 heteroatoms. The molecule has 2 aromatic rings. The van der Waals surface area contributed by atoms with Crippen LogP contribution >= 0.6 is 22.9 Å². The molecule has 2 rings (SSSR count). The number of halogens is 1. The number of hydrogen-bond acceptors (Lipinski definition) is 3. The van der Waals surface area contributed by atoms with E-state index in [1.807, 2.05) is 26.0 Å². The number of benzene rings is 1. The van der Waals surface area contributed by atoms with Crippen LogP contribution in [0.4, 0.5) is 0 Å².